The molecule has 9 aromatic rings. The van der Waals surface area contributed by atoms with Crippen molar-refractivity contribution in [2.24, 2.45) is 0 Å². The topological polar surface area (TPSA) is 51.8 Å². The van der Waals surface area contributed by atoms with Gasteiger partial charge in [-0.15, -0.1) is 16.4 Å². The fourth-order valence-corrected chi connectivity index (χ4v) is 7.02. The molecule has 0 aliphatic heterocycles. The lowest BCUT2D eigenvalue weighted by atomic mass is 9.59. The van der Waals surface area contributed by atoms with E-state index < -0.39 is 0 Å². The van der Waals surface area contributed by atoms with Crippen LogP contribution in [0.1, 0.15) is 0 Å². The summed E-state index contributed by atoms with van der Waals surface area (Å²) < 4.78 is 6.63. The van der Waals surface area contributed by atoms with E-state index in [0.29, 0.717) is 34.0 Å². The maximum absolute atomic E-state index is 6.63. The van der Waals surface area contributed by atoms with Gasteiger partial charge >= 0.3 is 0 Å². The van der Waals surface area contributed by atoms with Crippen LogP contribution in [0, 0.1) is 0 Å². The van der Waals surface area contributed by atoms with Crippen molar-refractivity contribution in [3.8, 4) is 67.5 Å². The summed E-state index contributed by atoms with van der Waals surface area (Å²) >= 11 is 0. The van der Waals surface area contributed by atoms with Crippen molar-refractivity contribution in [2.75, 3.05) is 0 Å². The molecular weight excluding hydrogens is 653 g/mol. The molecule has 0 spiro atoms. The summed E-state index contributed by atoms with van der Waals surface area (Å²) in [5.41, 5.74) is 10.9. The highest BCUT2D eigenvalue weighted by Crippen LogP contribution is 2.40. The SMILES string of the molecule is [B]c1c([B])c([B])c(-c2ccc(-c3ccc(-c4cccc5c4oc4cccc(-c6nc(-c7ccccc7)nc(-c7ccccc7)n6)c45)cc3)cc2)c([B])c1[B]. The molecule has 0 bridgehead atoms. The highest BCUT2D eigenvalue weighted by atomic mass is 16.3. The fourth-order valence-electron chi connectivity index (χ4n) is 7.02. The molecule has 0 fully saturated rings. The number of hydrogen-bond donors (Lipinski definition) is 0. The van der Waals surface area contributed by atoms with Crippen molar-refractivity contribution in [1.29, 1.82) is 0 Å². The smallest absolute Gasteiger partial charge is 0.164 e. The Morgan fingerprint density at radius 3 is 1.39 bits per heavy atom. The zero-order valence-corrected chi connectivity index (χ0v) is 29.0. The van der Waals surface area contributed by atoms with E-state index >= 15 is 0 Å². The second-order valence-corrected chi connectivity index (χ2v) is 13.1. The Bertz CT molecular complexity index is 2770. The number of hydrogen-bond acceptors (Lipinski definition) is 4. The fraction of sp³-hybridized carbons (Fsp3) is 0. The summed E-state index contributed by atoms with van der Waals surface area (Å²) in [5, 5.41) is 1.92. The van der Waals surface area contributed by atoms with Gasteiger partial charge in [0.15, 0.2) is 17.5 Å². The van der Waals surface area contributed by atoms with Crippen molar-refractivity contribution >= 4 is 88.5 Å². The number of para-hydroxylation sites is 1. The van der Waals surface area contributed by atoms with Crippen LogP contribution in [0.25, 0.3) is 89.5 Å². The third-order valence-electron chi connectivity index (χ3n) is 9.87. The Morgan fingerprint density at radius 2 is 0.815 bits per heavy atom. The summed E-state index contributed by atoms with van der Waals surface area (Å²) in [6, 6.07) is 48.5. The van der Waals surface area contributed by atoms with Crippen molar-refractivity contribution in [1.82, 2.24) is 15.0 Å². The molecule has 0 saturated heterocycles. The molecule has 0 saturated carbocycles. The molecule has 54 heavy (non-hydrogen) atoms. The summed E-state index contributed by atoms with van der Waals surface area (Å²) in [6.07, 6.45) is 0. The largest absolute Gasteiger partial charge is 0.455 e. The lowest BCUT2D eigenvalue weighted by molar-refractivity contribution is 0.670. The molecular formula is C45H24B5N3O. The first-order chi connectivity index (χ1) is 26.4. The minimum atomic E-state index is 0.196. The van der Waals surface area contributed by atoms with E-state index in [0.717, 1.165) is 66.4 Å². The maximum Gasteiger partial charge on any atom is 0.164 e. The summed E-state index contributed by atoms with van der Waals surface area (Å²) in [7, 11) is 30.8. The molecule has 0 atom stereocenters. The van der Waals surface area contributed by atoms with Gasteiger partial charge in [0.25, 0.3) is 0 Å². The number of fused-ring (bicyclic) bond motifs is 3. The van der Waals surface area contributed by atoms with E-state index in [1.54, 1.807) is 0 Å². The van der Waals surface area contributed by atoms with Crippen LogP contribution in [0.3, 0.4) is 0 Å². The third kappa shape index (κ3) is 5.77. The third-order valence-corrected chi connectivity index (χ3v) is 9.87. The Morgan fingerprint density at radius 1 is 0.352 bits per heavy atom. The Hall–Kier alpha value is -6.33. The second kappa shape index (κ2) is 13.6. The van der Waals surface area contributed by atoms with Crippen LogP contribution in [0.2, 0.25) is 0 Å². The molecule has 0 aliphatic rings. The molecule has 4 nitrogen and oxygen atoms in total. The van der Waals surface area contributed by atoms with Crippen LogP contribution in [0.5, 0.6) is 0 Å². The van der Waals surface area contributed by atoms with Crippen LogP contribution in [0.4, 0.5) is 0 Å². The average Bonchev–Trinajstić information content (AvgIpc) is 3.62. The standard InChI is InChI=1S/C45H24B5N3O/c46-37-35(38(47)40(49)41(50)39(37)48)28-23-19-26(20-24-28)25-17-21-27(22-18-25)31-13-7-14-32-36-33(15-8-16-34(36)54-42(31)32)45-52-43(29-9-3-1-4-10-29)51-44(53-45)30-11-5-2-6-12-30/h1-24H. The Balaban J connectivity index is 1.10. The van der Waals surface area contributed by atoms with Crippen molar-refractivity contribution < 1.29 is 4.42 Å². The minimum Gasteiger partial charge on any atom is -0.455 e. The van der Waals surface area contributed by atoms with E-state index in [-0.39, 0.29) is 16.4 Å². The predicted octanol–water partition coefficient (Wildman–Crippen LogP) is 5.74. The predicted molar refractivity (Wildman–Crippen MR) is 227 cm³/mol. The summed E-state index contributed by atoms with van der Waals surface area (Å²) in [4.78, 5) is 14.9. The normalized spacial score (nSPS) is 11.3. The highest BCUT2D eigenvalue weighted by molar-refractivity contribution is 6.68. The molecule has 0 N–H and O–H groups in total. The van der Waals surface area contributed by atoms with Gasteiger partial charge in [0.1, 0.15) is 50.4 Å². The van der Waals surface area contributed by atoms with Gasteiger partial charge in [0, 0.05) is 33.0 Å². The van der Waals surface area contributed by atoms with Crippen LogP contribution in [-0.2, 0) is 0 Å². The van der Waals surface area contributed by atoms with Crippen LogP contribution >= 0.6 is 0 Å². The monoisotopic (exact) mass is 677 g/mol. The Kier molecular flexibility index (Phi) is 8.43. The average molecular weight is 677 g/mol. The number of rotatable bonds is 6. The van der Waals surface area contributed by atoms with E-state index in [1.807, 2.05) is 103 Å². The number of nitrogens with zero attached hydrogens (tertiary/aromatic N) is 3. The van der Waals surface area contributed by atoms with Gasteiger partial charge < -0.3 is 4.42 Å². The highest BCUT2D eigenvalue weighted by Gasteiger charge is 2.20. The second-order valence-electron chi connectivity index (χ2n) is 13.1. The number of aromatic nitrogens is 3. The van der Waals surface area contributed by atoms with Gasteiger partial charge in [-0.05, 0) is 33.9 Å². The van der Waals surface area contributed by atoms with E-state index in [4.69, 9.17) is 58.6 Å². The molecule has 9 heteroatoms. The van der Waals surface area contributed by atoms with Crippen LogP contribution < -0.4 is 27.3 Å². The van der Waals surface area contributed by atoms with Crippen molar-refractivity contribution in [3.05, 3.63) is 146 Å². The summed E-state index contributed by atoms with van der Waals surface area (Å²) in [6.45, 7) is 0. The quantitative estimate of drug-likeness (QED) is 0.211. The van der Waals surface area contributed by atoms with E-state index in [9.17, 15) is 0 Å². The van der Waals surface area contributed by atoms with Gasteiger partial charge in [0.2, 0.25) is 0 Å². The van der Waals surface area contributed by atoms with Crippen LogP contribution in [-0.4, -0.2) is 54.2 Å². The Labute approximate surface area is 319 Å². The molecule has 0 unspecified atom stereocenters. The first kappa shape index (κ1) is 33.5. The zero-order chi connectivity index (χ0) is 36.9. The molecule has 9 rings (SSSR count). The number of furan rings is 1. The van der Waals surface area contributed by atoms with E-state index in [2.05, 4.69) is 42.5 Å². The summed E-state index contributed by atoms with van der Waals surface area (Å²) in [5.74, 6) is 1.78. The van der Waals surface area contributed by atoms with Gasteiger partial charge in [0.05, 0.1) is 0 Å². The van der Waals surface area contributed by atoms with Crippen LogP contribution in [0.15, 0.2) is 150 Å². The van der Waals surface area contributed by atoms with E-state index in [1.165, 1.54) is 0 Å². The molecule has 2 heterocycles. The lowest BCUT2D eigenvalue weighted by Crippen LogP contribution is -2.55. The maximum atomic E-state index is 6.63. The molecule has 10 radical (unpaired) electrons. The lowest BCUT2D eigenvalue weighted by Gasteiger charge is -2.21. The number of benzene rings is 7. The first-order valence-electron chi connectivity index (χ1n) is 17.4. The molecule has 2 aromatic heterocycles. The van der Waals surface area contributed by atoms with Gasteiger partial charge in [-0.1, -0.05) is 150 Å². The molecule has 7 aromatic carbocycles. The van der Waals surface area contributed by atoms with Crippen molar-refractivity contribution in [3.63, 3.8) is 0 Å². The van der Waals surface area contributed by atoms with Gasteiger partial charge in [-0.25, -0.2) is 15.0 Å². The van der Waals surface area contributed by atoms with Crippen molar-refractivity contribution in [2.45, 2.75) is 0 Å². The first-order valence-corrected chi connectivity index (χ1v) is 17.4. The molecule has 0 aliphatic carbocycles. The minimum absolute atomic E-state index is 0.196. The molecule has 240 valence electrons. The van der Waals surface area contributed by atoms with Gasteiger partial charge in [-0.3, -0.25) is 0 Å². The molecule has 0 amide bonds. The zero-order valence-electron chi connectivity index (χ0n) is 29.0. The van der Waals surface area contributed by atoms with Gasteiger partial charge in [-0.2, -0.15) is 0 Å².